The van der Waals surface area contributed by atoms with E-state index in [9.17, 15) is 9.59 Å². The summed E-state index contributed by atoms with van der Waals surface area (Å²) in [5, 5.41) is 16.6. The highest BCUT2D eigenvalue weighted by Gasteiger charge is 2.16. The monoisotopic (exact) mass is 235 g/mol. The Kier molecular flexibility index (Phi) is 2.69. The highest BCUT2D eigenvalue weighted by Crippen LogP contribution is 2.03. The lowest BCUT2D eigenvalue weighted by Crippen LogP contribution is -2.30. The van der Waals surface area contributed by atoms with Gasteiger partial charge in [-0.05, 0) is 13.0 Å². The molecule has 0 fully saturated rings. The predicted molar refractivity (Wildman–Crippen MR) is 55.8 cm³/mol. The molecular formula is C9H9N5O3. The fourth-order valence-electron chi connectivity index (χ4n) is 1.25. The van der Waals surface area contributed by atoms with Crippen molar-refractivity contribution < 1.29 is 9.90 Å². The second-order valence-corrected chi connectivity index (χ2v) is 3.33. The molecule has 0 amide bonds. The van der Waals surface area contributed by atoms with Crippen LogP contribution in [-0.2, 0) is 4.79 Å². The summed E-state index contributed by atoms with van der Waals surface area (Å²) in [5.74, 6) is -0.800. The second-order valence-electron chi connectivity index (χ2n) is 3.33. The smallest absolute Gasteiger partial charge is 0.328 e. The van der Waals surface area contributed by atoms with Crippen LogP contribution >= 0.6 is 0 Å². The highest BCUT2D eigenvalue weighted by atomic mass is 16.4. The molecular weight excluding hydrogens is 226 g/mol. The van der Waals surface area contributed by atoms with Gasteiger partial charge in [-0.2, -0.15) is 5.10 Å². The van der Waals surface area contributed by atoms with Crippen LogP contribution in [0.4, 0.5) is 0 Å². The molecule has 0 aliphatic heterocycles. The van der Waals surface area contributed by atoms with Crippen LogP contribution in [0.1, 0.15) is 13.0 Å². The van der Waals surface area contributed by atoms with Gasteiger partial charge in [-0.1, -0.05) is 0 Å². The van der Waals surface area contributed by atoms with Crippen LogP contribution in [0.15, 0.2) is 29.6 Å². The molecule has 1 unspecified atom stereocenters. The zero-order chi connectivity index (χ0) is 12.4. The lowest BCUT2D eigenvalue weighted by atomic mass is 10.3. The van der Waals surface area contributed by atoms with Crippen molar-refractivity contribution in [2.24, 2.45) is 0 Å². The van der Waals surface area contributed by atoms with Crippen molar-refractivity contribution in [1.29, 1.82) is 0 Å². The molecule has 0 radical (unpaired) electrons. The highest BCUT2D eigenvalue weighted by molar-refractivity contribution is 5.71. The number of carboxylic acid groups (broad SMARTS) is 1. The standard InChI is InChI=1S/C9H9N5O3/c1-6(9(16)17)14-8(15)3-2-7(12-14)13-5-10-4-11-13/h2-6H,1H3,(H,16,17). The maximum absolute atomic E-state index is 11.5. The minimum absolute atomic E-state index is 0.329. The first kappa shape index (κ1) is 11.0. The van der Waals surface area contributed by atoms with Gasteiger partial charge in [0.15, 0.2) is 11.9 Å². The van der Waals surface area contributed by atoms with E-state index in [1.807, 2.05) is 0 Å². The van der Waals surface area contributed by atoms with Crippen LogP contribution in [0.5, 0.6) is 0 Å². The van der Waals surface area contributed by atoms with Gasteiger partial charge in [-0.15, -0.1) is 5.10 Å². The van der Waals surface area contributed by atoms with Crippen molar-refractivity contribution >= 4 is 5.97 Å². The Morgan fingerprint density at radius 3 is 2.82 bits per heavy atom. The molecule has 17 heavy (non-hydrogen) atoms. The van der Waals surface area contributed by atoms with E-state index < -0.39 is 17.6 Å². The Bertz CT molecular complexity index is 589. The molecule has 2 aromatic rings. The molecule has 0 saturated heterocycles. The Balaban J connectivity index is 2.50. The first-order valence-electron chi connectivity index (χ1n) is 4.77. The molecule has 88 valence electrons. The maximum atomic E-state index is 11.5. The molecule has 8 nitrogen and oxygen atoms in total. The van der Waals surface area contributed by atoms with Crippen LogP contribution in [0, 0.1) is 0 Å². The summed E-state index contributed by atoms with van der Waals surface area (Å²) in [6.45, 7) is 1.38. The van der Waals surface area contributed by atoms with Crippen LogP contribution in [-0.4, -0.2) is 35.6 Å². The van der Waals surface area contributed by atoms with E-state index in [0.717, 1.165) is 4.68 Å². The summed E-state index contributed by atoms with van der Waals surface area (Å²) in [4.78, 5) is 26.0. The van der Waals surface area contributed by atoms with E-state index in [-0.39, 0.29) is 0 Å². The lowest BCUT2D eigenvalue weighted by Gasteiger charge is -2.09. The van der Waals surface area contributed by atoms with Crippen molar-refractivity contribution in [2.75, 3.05) is 0 Å². The number of nitrogens with zero attached hydrogens (tertiary/aromatic N) is 5. The second kappa shape index (κ2) is 4.16. The predicted octanol–water partition coefficient (Wildman–Crippen LogP) is -0.530. The van der Waals surface area contributed by atoms with Gasteiger partial charge in [0.25, 0.3) is 5.56 Å². The first-order chi connectivity index (χ1) is 8.09. The van der Waals surface area contributed by atoms with E-state index in [4.69, 9.17) is 5.11 Å². The Labute approximate surface area is 95.1 Å². The van der Waals surface area contributed by atoms with Gasteiger partial charge < -0.3 is 5.11 Å². The van der Waals surface area contributed by atoms with Gasteiger partial charge in [0, 0.05) is 6.07 Å². The van der Waals surface area contributed by atoms with Crippen LogP contribution in [0.25, 0.3) is 5.82 Å². The van der Waals surface area contributed by atoms with Crippen molar-refractivity contribution in [2.45, 2.75) is 13.0 Å². The molecule has 2 aromatic heterocycles. The van der Waals surface area contributed by atoms with E-state index in [0.29, 0.717) is 5.82 Å². The van der Waals surface area contributed by atoms with Gasteiger partial charge in [-0.25, -0.2) is 19.1 Å². The van der Waals surface area contributed by atoms with E-state index >= 15 is 0 Å². The lowest BCUT2D eigenvalue weighted by molar-refractivity contribution is -0.140. The number of hydrogen-bond donors (Lipinski definition) is 1. The van der Waals surface area contributed by atoms with E-state index in [2.05, 4.69) is 15.2 Å². The van der Waals surface area contributed by atoms with Gasteiger partial charge in [0.2, 0.25) is 0 Å². The van der Waals surface area contributed by atoms with Crippen LogP contribution in [0.3, 0.4) is 0 Å². The van der Waals surface area contributed by atoms with Crippen LogP contribution < -0.4 is 5.56 Å². The number of carbonyl (C=O) groups is 1. The summed E-state index contributed by atoms with van der Waals surface area (Å²) in [6.07, 6.45) is 2.72. The molecule has 0 aromatic carbocycles. The summed E-state index contributed by atoms with van der Waals surface area (Å²) in [5.41, 5.74) is -0.483. The average Bonchev–Trinajstić information content (AvgIpc) is 2.82. The molecule has 1 N–H and O–H groups in total. The Hall–Kier alpha value is -2.51. The van der Waals surface area contributed by atoms with Crippen LogP contribution in [0.2, 0.25) is 0 Å². The van der Waals surface area contributed by atoms with Gasteiger partial charge in [-0.3, -0.25) is 4.79 Å². The Morgan fingerprint density at radius 1 is 1.47 bits per heavy atom. The van der Waals surface area contributed by atoms with Crippen molar-refractivity contribution in [1.82, 2.24) is 24.5 Å². The van der Waals surface area contributed by atoms with Gasteiger partial charge in [0.05, 0.1) is 0 Å². The summed E-state index contributed by atoms with van der Waals surface area (Å²) in [6, 6.07) is 1.65. The zero-order valence-electron chi connectivity index (χ0n) is 8.89. The number of aliphatic carboxylic acids is 1. The number of carboxylic acids is 1. The minimum atomic E-state index is -1.13. The summed E-state index contributed by atoms with van der Waals surface area (Å²) in [7, 11) is 0. The number of rotatable bonds is 3. The topological polar surface area (TPSA) is 103 Å². The molecule has 0 bridgehead atoms. The normalized spacial score (nSPS) is 12.3. The zero-order valence-corrected chi connectivity index (χ0v) is 8.89. The molecule has 0 aliphatic carbocycles. The summed E-state index contributed by atoms with van der Waals surface area (Å²) < 4.78 is 2.23. The third-order valence-corrected chi connectivity index (χ3v) is 2.19. The molecule has 0 spiro atoms. The molecule has 0 saturated carbocycles. The van der Waals surface area contributed by atoms with Gasteiger partial charge >= 0.3 is 5.97 Å². The minimum Gasteiger partial charge on any atom is -0.480 e. The SMILES string of the molecule is CC(C(=O)O)n1nc(-n2cncn2)ccc1=O. The largest absolute Gasteiger partial charge is 0.480 e. The maximum Gasteiger partial charge on any atom is 0.328 e. The van der Waals surface area contributed by atoms with Crippen molar-refractivity contribution in [3.05, 3.63) is 35.1 Å². The molecule has 1 atom stereocenters. The molecule has 2 rings (SSSR count). The molecule has 2 heterocycles. The van der Waals surface area contributed by atoms with Gasteiger partial charge in [0.1, 0.15) is 12.7 Å². The third-order valence-electron chi connectivity index (χ3n) is 2.19. The fourth-order valence-corrected chi connectivity index (χ4v) is 1.25. The number of hydrogen-bond acceptors (Lipinski definition) is 5. The Morgan fingerprint density at radius 2 is 2.24 bits per heavy atom. The first-order valence-corrected chi connectivity index (χ1v) is 4.77. The van der Waals surface area contributed by atoms with Crippen molar-refractivity contribution in [3.8, 4) is 5.82 Å². The fraction of sp³-hybridized carbons (Fsp3) is 0.222. The van der Waals surface area contributed by atoms with Crippen molar-refractivity contribution in [3.63, 3.8) is 0 Å². The number of aromatic nitrogens is 5. The molecule has 0 aliphatic rings. The average molecular weight is 235 g/mol. The van der Waals surface area contributed by atoms with E-state index in [1.54, 1.807) is 0 Å². The molecule has 8 heteroatoms. The third kappa shape index (κ3) is 2.05. The quantitative estimate of drug-likeness (QED) is 0.767. The summed E-state index contributed by atoms with van der Waals surface area (Å²) >= 11 is 0. The van der Waals surface area contributed by atoms with E-state index in [1.165, 1.54) is 36.4 Å².